The normalized spacial score (nSPS) is 15.3. The third-order valence-corrected chi connectivity index (χ3v) is 8.75. The molecule has 1 saturated carbocycles. The Morgan fingerprint density at radius 3 is 2.47 bits per heavy atom. The molecule has 0 saturated heterocycles. The summed E-state index contributed by atoms with van der Waals surface area (Å²) >= 11 is 0. The minimum atomic E-state index is -0.0810. The van der Waals surface area contributed by atoms with Gasteiger partial charge in [-0.25, -0.2) is 8.96 Å². The van der Waals surface area contributed by atoms with Crippen LogP contribution in [0.4, 0.5) is 4.39 Å². The highest BCUT2D eigenvalue weighted by atomic mass is 19.1. The molecule has 0 amide bonds. The number of aromatic nitrogens is 2. The summed E-state index contributed by atoms with van der Waals surface area (Å²) in [7, 11) is 2.13. The molecule has 1 aliphatic carbocycles. The lowest BCUT2D eigenvalue weighted by molar-refractivity contribution is -0.643. The van der Waals surface area contributed by atoms with Gasteiger partial charge < -0.3 is 4.40 Å². The van der Waals surface area contributed by atoms with Crippen LogP contribution < -0.4 is 4.57 Å². The fourth-order valence-corrected chi connectivity index (χ4v) is 6.99. The monoisotopic (exact) mass is 449 g/mol. The van der Waals surface area contributed by atoms with Crippen LogP contribution in [0.5, 0.6) is 0 Å². The second-order valence-electron chi connectivity index (χ2n) is 10.6. The largest absolute Gasteiger partial charge is 0.307 e. The van der Waals surface area contributed by atoms with Crippen LogP contribution in [0.25, 0.3) is 49.0 Å². The van der Waals surface area contributed by atoms with E-state index < -0.39 is 0 Å². The van der Waals surface area contributed by atoms with Crippen molar-refractivity contribution in [3.05, 3.63) is 70.7 Å². The van der Waals surface area contributed by atoms with Gasteiger partial charge in [0, 0.05) is 22.4 Å². The highest BCUT2D eigenvalue weighted by Crippen LogP contribution is 2.45. The predicted molar refractivity (Wildman–Crippen MR) is 140 cm³/mol. The van der Waals surface area contributed by atoms with E-state index in [1.807, 2.05) is 13.8 Å². The Labute approximate surface area is 198 Å². The molecule has 0 aliphatic heterocycles. The molecule has 3 heterocycles. The van der Waals surface area contributed by atoms with Crippen LogP contribution in [0.3, 0.4) is 0 Å². The Bertz CT molecular complexity index is 1780. The summed E-state index contributed by atoms with van der Waals surface area (Å²) in [4.78, 5) is 0. The van der Waals surface area contributed by atoms with Crippen LogP contribution in [-0.2, 0) is 13.5 Å². The van der Waals surface area contributed by atoms with Gasteiger partial charge >= 0.3 is 0 Å². The number of hydrogen-bond donors (Lipinski definition) is 0. The Morgan fingerprint density at radius 2 is 1.68 bits per heavy atom. The molecule has 3 aromatic carbocycles. The van der Waals surface area contributed by atoms with Crippen molar-refractivity contribution in [1.29, 1.82) is 0 Å². The van der Waals surface area contributed by atoms with Gasteiger partial charge in [-0.3, -0.25) is 0 Å². The highest BCUT2D eigenvalue weighted by Gasteiger charge is 2.29. The molecular formula is C31H30FN2+. The standard InChI is InChI=1S/C31H30FN2/c1-17-18(2)28(32)19(3)29-25(17)30-27-21(13-14-33(30)4)16-22(15-20-9-5-6-10-20)26-23-11-7-8-12-24(23)34(29)31(26)27/h7-8,11-14,16,20H,5-6,9-10,15H2,1-4H3/q+1. The number of fused-ring (bicyclic) bond motifs is 6. The molecule has 170 valence electrons. The van der Waals surface area contributed by atoms with Crippen LogP contribution in [0.2, 0.25) is 0 Å². The number of para-hydroxylation sites is 1. The first-order chi connectivity index (χ1) is 16.5. The molecule has 2 nitrogen and oxygen atoms in total. The van der Waals surface area contributed by atoms with Crippen LogP contribution in [0.15, 0.2) is 42.6 Å². The maximum absolute atomic E-state index is 15.6. The Balaban J connectivity index is 1.82. The number of halogens is 1. The first-order valence-corrected chi connectivity index (χ1v) is 12.6. The molecule has 0 unspecified atom stereocenters. The van der Waals surface area contributed by atoms with Crippen LogP contribution in [0.1, 0.15) is 47.9 Å². The number of nitrogens with zero attached hydrogens (tertiary/aromatic N) is 2. The van der Waals surface area contributed by atoms with Crippen molar-refractivity contribution in [1.82, 2.24) is 4.40 Å². The van der Waals surface area contributed by atoms with E-state index in [-0.39, 0.29) is 5.82 Å². The van der Waals surface area contributed by atoms with Gasteiger partial charge in [0.1, 0.15) is 12.9 Å². The summed E-state index contributed by atoms with van der Waals surface area (Å²) in [6.45, 7) is 5.95. The van der Waals surface area contributed by atoms with Gasteiger partial charge in [-0.05, 0) is 67.3 Å². The second-order valence-corrected chi connectivity index (χ2v) is 10.6. The molecule has 0 spiro atoms. The summed E-state index contributed by atoms with van der Waals surface area (Å²) in [5, 5.41) is 6.42. The van der Waals surface area contributed by atoms with E-state index in [2.05, 4.69) is 65.5 Å². The van der Waals surface area contributed by atoms with Crippen molar-refractivity contribution in [2.75, 3.05) is 0 Å². The molecule has 6 aromatic rings. The van der Waals surface area contributed by atoms with Gasteiger partial charge in [0.15, 0.2) is 6.20 Å². The van der Waals surface area contributed by atoms with Gasteiger partial charge in [-0.2, -0.15) is 0 Å². The van der Waals surface area contributed by atoms with Crippen molar-refractivity contribution in [2.24, 2.45) is 13.0 Å². The smallest absolute Gasteiger partial charge is 0.224 e. The fraction of sp³-hybridized carbons (Fsp3) is 0.323. The topological polar surface area (TPSA) is 8.29 Å². The minimum Gasteiger partial charge on any atom is -0.307 e. The minimum absolute atomic E-state index is 0.0810. The Hall–Kier alpha value is -3.20. The van der Waals surface area contributed by atoms with Gasteiger partial charge in [0.2, 0.25) is 5.52 Å². The van der Waals surface area contributed by atoms with Crippen molar-refractivity contribution >= 4 is 49.0 Å². The average molecular weight is 450 g/mol. The maximum atomic E-state index is 15.6. The lowest BCUT2D eigenvalue weighted by Gasteiger charge is -2.18. The van der Waals surface area contributed by atoms with Gasteiger partial charge in [0.25, 0.3) is 0 Å². The molecule has 1 aliphatic rings. The van der Waals surface area contributed by atoms with Crippen LogP contribution >= 0.6 is 0 Å². The van der Waals surface area contributed by atoms with Gasteiger partial charge in [0.05, 0.1) is 27.3 Å². The molecule has 0 radical (unpaired) electrons. The Kier molecular flexibility index (Phi) is 4.11. The summed E-state index contributed by atoms with van der Waals surface area (Å²) < 4.78 is 20.2. The van der Waals surface area contributed by atoms with Crippen molar-refractivity contribution < 1.29 is 8.96 Å². The van der Waals surface area contributed by atoms with Gasteiger partial charge in [-0.1, -0.05) is 43.9 Å². The number of benzene rings is 3. The van der Waals surface area contributed by atoms with E-state index >= 15 is 4.39 Å². The number of rotatable bonds is 2. The molecule has 34 heavy (non-hydrogen) atoms. The summed E-state index contributed by atoms with van der Waals surface area (Å²) in [6, 6.07) is 13.5. The molecule has 3 heteroatoms. The number of pyridine rings is 2. The van der Waals surface area contributed by atoms with E-state index in [1.165, 1.54) is 74.7 Å². The summed E-state index contributed by atoms with van der Waals surface area (Å²) in [5.74, 6) is 0.684. The molecule has 1 fully saturated rings. The number of hydrogen-bond acceptors (Lipinski definition) is 0. The van der Waals surface area contributed by atoms with E-state index in [0.717, 1.165) is 34.5 Å². The molecule has 0 atom stereocenters. The zero-order chi connectivity index (χ0) is 23.3. The fourth-order valence-electron chi connectivity index (χ4n) is 6.99. The molecule has 3 aromatic heterocycles. The first-order valence-electron chi connectivity index (χ1n) is 12.6. The second kappa shape index (κ2) is 6.91. The highest BCUT2D eigenvalue weighted by molar-refractivity contribution is 6.28. The van der Waals surface area contributed by atoms with Crippen molar-refractivity contribution in [3.63, 3.8) is 0 Å². The van der Waals surface area contributed by atoms with E-state index in [4.69, 9.17) is 0 Å². The first kappa shape index (κ1) is 20.2. The number of aryl methyl sites for hydroxylation is 3. The zero-order valence-corrected chi connectivity index (χ0v) is 20.4. The Morgan fingerprint density at radius 1 is 0.912 bits per heavy atom. The van der Waals surface area contributed by atoms with Crippen molar-refractivity contribution in [2.45, 2.75) is 52.9 Å². The molecule has 0 N–H and O–H groups in total. The average Bonchev–Trinajstić information content (AvgIpc) is 3.48. The van der Waals surface area contributed by atoms with Crippen LogP contribution in [-0.4, -0.2) is 4.40 Å². The lowest BCUT2D eigenvalue weighted by atomic mass is 9.90. The van der Waals surface area contributed by atoms with E-state index in [1.54, 1.807) is 0 Å². The lowest BCUT2D eigenvalue weighted by Crippen LogP contribution is -2.29. The quantitative estimate of drug-likeness (QED) is 0.146. The molecule has 0 bridgehead atoms. The SMILES string of the molecule is Cc1c(F)c(C)c2c(c1C)c1c3c(cc[n+]1C)cc(CC1CCCC1)c1c4ccccc4n2c13. The predicted octanol–water partition coefficient (Wildman–Crippen LogP) is 7.61. The van der Waals surface area contributed by atoms with Gasteiger partial charge in [-0.15, -0.1) is 0 Å². The summed E-state index contributed by atoms with van der Waals surface area (Å²) in [5.41, 5.74) is 8.65. The molecule has 7 rings (SSSR count). The summed E-state index contributed by atoms with van der Waals surface area (Å²) in [6.07, 6.45) is 8.68. The third-order valence-electron chi connectivity index (χ3n) is 8.75. The third kappa shape index (κ3) is 2.43. The van der Waals surface area contributed by atoms with Crippen molar-refractivity contribution in [3.8, 4) is 0 Å². The van der Waals surface area contributed by atoms with Crippen LogP contribution in [0, 0.1) is 32.5 Å². The molecular weight excluding hydrogens is 419 g/mol. The maximum Gasteiger partial charge on any atom is 0.224 e. The zero-order valence-electron chi connectivity index (χ0n) is 20.4. The van der Waals surface area contributed by atoms with E-state index in [0.29, 0.717) is 0 Å². The van der Waals surface area contributed by atoms with E-state index in [9.17, 15) is 0 Å².